The lowest BCUT2D eigenvalue weighted by Crippen LogP contribution is -2.37. The van der Waals surface area contributed by atoms with Crippen LogP contribution in [0.2, 0.25) is 0 Å². The topological polar surface area (TPSA) is 467 Å². The number of rotatable bonds is 30. The molecule has 0 fully saturated rings. The number of imide groups is 4. The molecule has 8 aromatic carbocycles. The zero-order chi connectivity index (χ0) is 112. The smallest absolute Gasteiger partial charge is 0.264 e. The molecule has 4 aliphatic rings. The summed E-state index contributed by atoms with van der Waals surface area (Å²) in [6, 6.07) is 23.8. The van der Waals surface area contributed by atoms with Gasteiger partial charge >= 0.3 is 0 Å². The fraction of sp³-hybridized carbons (Fsp3) is 0.318. The van der Waals surface area contributed by atoms with Gasteiger partial charge in [0.25, 0.3) is 47.3 Å². The first-order chi connectivity index (χ1) is 67.3. The van der Waals surface area contributed by atoms with Gasteiger partial charge in [0.05, 0.1) is 188 Å². The maximum Gasteiger partial charge on any atom is 0.264 e. The van der Waals surface area contributed by atoms with E-state index >= 15 is 0 Å². The molecule has 0 spiro atoms. The summed E-state index contributed by atoms with van der Waals surface area (Å²) in [4.78, 5) is 157. The van der Waals surface area contributed by atoms with Crippen molar-refractivity contribution in [2.45, 2.75) is 86.9 Å². The Balaban J connectivity index is 0.000000420. The average molecular weight is 1990 g/mol. The van der Waals surface area contributed by atoms with E-state index in [9.17, 15) is 91.2 Å². The predicted octanol–water partition coefficient (Wildman–Crippen LogP) is 10.7. The average Bonchev–Trinajstić information content (AvgIpc) is 1.63. The van der Waals surface area contributed by atoms with Gasteiger partial charge in [0.2, 0.25) is 23.6 Å². The van der Waals surface area contributed by atoms with Crippen molar-refractivity contribution in [3.05, 3.63) is 218 Å². The number of aryl methyl sites for hydroxylation is 1. The molecule has 708 valence electrons. The monoisotopic (exact) mass is 1980 g/mol. The molecule has 4 aliphatic heterocycles. The van der Waals surface area contributed by atoms with Gasteiger partial charge in [0, 0.05) is 56.8 Å². The fourth-order valence-corrected chi connectivity index (χ4v) is 17.2. The maximum absolute atomic E-state index is 13.6. The minimum absolute atomic E-state index is 0. The lowest BCUT2D eigenvalue weighted by molar-refractivity contribution is -0.115. The summed E-state index contributed by atoms with van der Waals surface area (Å²) in [7, 11) is -26.9. The van der Waals surface area contributed by atoms with Crippen molar-refractivity contribution in [2.24, 2.45) is 0 Å². The third kappa shape index (κ3) is 26.5. The zero-order valence-corrected chi connectivity index (χ0v) is 77.6. The number of nitrogens with zero attached hydrogens (tertiary/aromatic N) is 4. The molecule has 4 N–H and O–H groups in total. The first-order valence-corrected chi connectivity index (χ1v) is 44.8. The molecule has 0 saturated heterocycles. The Morgan fingerprint density at radius 1 is 0.351 bits per heavy atom. The van der Waals surface area contributed by atoms with Crippen molar-refractivity contribution in [2.75, 3.05) is 117 Å². The van der Waals surface area contributed by atoms with E-state index in [2.05, 4.69) is 21.3 Å². The van der Waals surface area contributed by atoms with Crippen LogP contribution in [0, 0.1) is 6.92 Å². The van der Waals surface area contributed by atoms with Gasteiger partial charge in [-0.05, 0) is 147 Å². The van der Waals surface area contributed by atoms with E-state index in [1.54, 1.807) is 6.92 Å². The molecule has 35 nitrogen and oxygen atoms in total. The standard InChI is InChI=1S/3C22H24N2O7S.C21H22N2O6S.CH4.4H2S/c3*1-5-31-19-11-14(9-10-18(19)30-3)17(12-32(4,28)29)24-21(26)15-7-6-8-16(23-13(2)25)20(15)22(24)27;1-12-10-14(8-9-18(12)29-3)17(11-30(4,27)28)23-20(25)15-6-5-7-16(22-13(2)24)19(15)21(23)26;;;;;/h3*6-11,17H,5,12H2,1-4H3,(H,23,25);5-10,17H,11H2,1-4H3,(H,22,24);1H4;4*1H2/t4*17-;;;;;/m1111...../s1/i3D3,5D2,17D;2D3,3D3,5D2;3D3,5D2;3D3;;;;;. The quantitative estimate of drug-likeness (QED) is 0.0304. The number of carbonyl (C=O) groups excluding carboxylic acids is 12. The van der Waals surface area contributed by atoms with E-state index in [1.165, 1.54) is 124 Å². The maximum atomic E-state index is 13.6. The molecule has 0 aromatic heterocycles. The molecular formula is C88H106N8O27S8. The molecule has 12 rings (SSSR count). The van der Waals surface area contributed by atoms with Crippen molar-refractivity contribution < 1.29 is 155 Å². The second-order valence-corrected chi connectivity index (χ2v) is 36.8. The Bertz CT molecular complexity index is 7220. The fourth-order valence-electron chi connectivity index (χ4n) is 13.7. The molecule has 131 heavy (non-hydrogen) atoms. The van der Waals surface area contributed by atoms with E-state index in [4.69, 9.17) is 63.3 Å². The molecule has 12 amide bonds. The SMILES string of the molecule is C.S.S.S.S.[2H]C([2H])([2H])Oc1ccc([C@@H](CS(C)(=O)=O)N2C(=O)c3cccc(NC(=O)C([2H])([2H])[2H])c3C2=O)cc1OC([2H])([2H])C.[2H]C([2H])([2H])Oc1ccc([C@@H](CS(C)(=O)=O)N2C(=O)c3cccc(NC(C)=O)c3C2=O)cc1C.[2H]C([2H])([2H])Oc1ccc([C@@H](CS(C)(=O)=O)N2C(=O)c3cccc(NC(C)=O)c3C2=O)cc1OC([2H])([2H])C.[2H]C([2H])([2H])Oc1ccc([C@@]([2H])(CS(C)(=O)=O)N2C(=O)c3cccc(NC(C)=O)c3C2=O)cc1OC([2H])([2H])C. The number of amides is 12. The highest BCUT2D eigenvalue weighted by molar-refractivity contribution is 7.91. The van der Waals surface area contributed by atoms with Crippen molar-refractivity contribution >= 4 is 187 Å². The summed E-state index contributed by atoms with van der Waals surface area (Å²) in [6.07, 6.45) is 3.55. The number of benzene rings is 8. The van der Waals surface area contributed by atoms with Gasteiger partial charge in [-0.25, -0.2) is 33.7 Å². The summed E-state index contributed by atoms with van der Waals surface area (Å²) in [5, 5.41) is 9.52. The van der Waals surface area contributed by atoms with Crippen LogP contribution in [0.1, 0.15) is 221 Å². The van der Waals surface area contributed by atoms with E-state index in [0.29, 0.717) is 20.9 Å². The first kappa shape index (κ1) is 79.9. The molecule has 43 heteroatoms. The molecule has 8 aromatic rings. The van der Waals surface area contributed by atoms with Crippen molar-refractivity contribution in [3.8, 4) is 40.2 Å². The van der Waals surface area contributed by atoms with Crippen LogP contribution in [0.15, 0.2) is 146 Å². The van der Waals surface area contributed by atoms with Crippen molar-refractivity contribution in [3.63, 3.8) is 0 Å². The highest BCUT2D eigenvalue weighted by Crippen LogP contribution is 2.44. The lowest BCUT2D eigenvalue weighted by Gasteiger charge is -2.27. The number of hydrogen-bond acceptors (Lipinski definition) is 27. The van der Waals surface area contributed by atoms with Crippen LogP contribution in [-0.4, -0.2) is 220 Å². The van der Waals surface area contributed by atoms with Crippen LogP contribution >= 0.6 is 54.0 Å². The summed E-state index contributed by atoms with van der Waals surface area (Å²) in [6.45, 7) is -1.74. The molecule has 0 saturated carbocycles. The number of ether oxygens (including phenoxy) is 7. The number of carbonyl (C=O) groups is 12. The zero-order valence-electron chi connectivity index (χ0n) is 92.4. The molecule has 0 aliphatic carbocycles. The van der Waals surface area contributed by atoms with Crippen molar-refractivity contribution in [1.29, 1.82) is 0 Å². The lowest BCUT2D eigenvalue weighted by atomic mass is 10.0. The van der Waals surface area contributed by atoms with Crippen LogP contribution in [0.5, 0.6) is 40.2 Å². The van der Waals surface area contributed by atoms with Gasteiger partial charge in [0.1, 0.15) is 45.1 Å². The minimum Gasteiger partial charge on any atom is -0.496 e. The third-order valence-corrected chi connectivity index (χ3v) is 22.1. The van der Waals surface area contributed by atoms with E-state index in [0.717, 1.165) is 98.1 Å². The number of methoxy groups -OCH3 is 4. The van der Waals surface area contributed by atoms with Crippen LogP contribution in [-0.2, 0) is 58.5 Å². The molecule has 4 atom stereocenters. The first-order valence-electron chi connectivity index (χ1n) is 47.6. The van der Waals surface area contributed by atoms with Gasteiger partial charge in [-0.3, -0.25) is 77.1 Å². The number of anilines is 4. The second-order valence-electron chi connectivity index (χ2n) is 28.1. The summed E-state index contributed by atoms with van der Waals surface area (Å²) in [5.41, 5.74) is -0.792. The van der Waals surface area contributed by atoms with Gasteiger partial charge in [-0.1, -0.05) is 62.0 Å². The molecule has 0 unspecified atom stereocenters. The molecule has 0 bridgehead atoms. The Kier molecular flexibility index (Phi) is 28.5. The normalized spacial score (nSPS) is 17.2. The largest absolute Gasteiger partial charge is 0.496 e. The number of fused-ring (bicyclic) bond motifs is 4. The highest BCUT2D eigenvalue weighted by Gasteiger charge is 2.48. The molecule has 0 radical (unpaired) electrons. The van der Waals surface area contributed by atoms with Crippen LogP contribution in [0.25, 0.3) is 0 Å². The van der Waals surface area contributed by atoms with E-state index in [1.807, 2.05) is 0 Å². The number of sulfone groups is 4. The predicted molar refractivity (Wildman–Crippen MR) is 513 cm³/mol. The van der Waals surface area contributed by atoms with Crippen LogP contribution in [0.3, 0.4) is 0 Å². The van der Waals surface area contributed by atoms with E-state index in [-0.39, 0.29) is 163 Å². The molecule has 4 heterocycles. The van der Waals surface area contributed by atoms with Gasteiger partial charge in [-0.15, -0.1) is 0 Å². The highest BCUT2D eigenvalue weighted by atomic mass is 32.2. The van der Waals surface area contributed by atoms with E-state index < -0.39 is 235 Å². The molecular weight excluding hydrogens is 1860 g/mol. The van der Waals surface area contributed by atoms with Crippen molar-refractivity contribution in [1.82, 2.24) is 19.6 Å². The Morgan fingerprint density at radius 3 is 0.870 bits per heavy atom. The second kappa shape index (κ2) is 46.7. The van der Waals surface area contributed by atoms with Gasteiger partial charge in [0.15, 0.2) is 34.5 Å². The summed E-state index contributed by atoms with van der Waals surface area (Å²) in [5.74, 6) is -15.6. The Morgan fingerprint density at radius 2 is 0.603 bits per heavy atom. The van der Waals surface area contributed by atoms with Crippen LogP contribution in [0.4, 0.5) is 22.7 Å². The summed E-state index contributed by atoms with van der Waals surface area (Å²) >= 11 is 0. The van der Waals surface area contributed by atoms with Gasteiger partial charge in [-0.2, -0.15) is 54.0 Å². The minimum atomic E-state index is -4.06. The van der Waals surface area contributed by atoms with Crippen LogP contribution < -0.4 is 54.4 Å². The van der Waals surface area contributed by atoms with Gasteiger partial charge < -0.3 is 54.4 Å². The summed E-state index contributed by atoms with van der Waals surface area (Å²) < 4.78 is 299. The number of hydrogen-bond donors (Lipinski definition) is 4. The Hall–Kier alpha value is -12.0. The Labute approximate surface area is 819 Å². The number of nitrogens with one attached hydrogen (secondary N) is 4. The third-order valence-electron chi connectivity index (χ3n) is 18.6.